The third-order valence-electron chi connectivity index (χ3n) is 2.45. The molecule has 0 fully saturated rings. The number of hydrogen-bond acceptors (Lipinski definition) is 2. The van der Waals surface area contributed by atoms with Crippen molar-refractivity contribution in [3.8, 4) is 0 Å². The van der Waals surface area contributed by atoms with E-state index in [2.05, 4.69) is 37.2 Å². The SMILES string of the molecule is C=CC1C([CH]=[W])C(=O)N=CN1C(C)(C)C. The minimum absolute atomic E-state index is 0.0347. The summed E-state index contributed by atoms with van der Waals surface area (Å²) in [5.74, 6) is -0.197. The monoisotopic (exact) mass is 376 g/mol. The van der Waals surface area contributed by atoms with Crippen molar-refractivity contribution in [3.05, 3.63) is 12.7 Å². The Morgan fingerprint density at radius 2 is 2.20 bits per heavy atom. The molecule has 15 heavy (non-hydrogen) atoms. The molecule has 1 heterocycles. The Bertz CT molecular complexity index is 317. The van der Waals surface area contributed by atoms with Gasteiger partial charge in [0.1, 0.15) is 0 Å². The molecule has 3 nitrogen and oxygen atoms in total. The van der Waals surface area contributed by atoms with Gasteiger partial charge >= 0.3 is 102 Å². The van der Waals surface area contributed by atoms with E-state index in [1.165, 1.54) is 19.4 Å². The van der Waals surface area contributed by atoms with E-state index in [0.717, 1.165) is 0 Å². The summed E-state index contributed by atoms with van der Waals surface area (Å²) in [4.78, 5) is 17.6. The van der Waals surface area contributed by atoms with Crippen molar-refractivity contribution in [2.24, 2.45) is 10.9 Å². The van der Waals surface area contributed by atoms with Gasteiger partial charge in [0.2, 0.25) is 0 Å². The molecule has 0 aromatic heterocycles. The average Bonchev–Trinajstić information content (AvgIpc) is 2.15. The van der Waals surface area contributed by atoms with E-state index in [1.807, 2.05) is 10.5 Å². The molecule has 0 aromatic rings. The first-order chi connectivity index (χ1) is 6.91. The molecule has 0 spiro atoms. The van der Waals surface area contributed by atoms with Crippen molar-refractivity contribution in [1.29, 1.82) is 0 Å². The Balaban J connectivity index is 3.10. The van der Waals surface area contributed by atoms with Crippen molar-refractivity contribution in [3.63, 3.8) is 0 Å². The molecular weight excluding hydrogens is 360 g/mol. The number of aliphatic imine (C=N–C) groups is 1. The summed E-state index contributed by atoms with van der Waals surface area (Å²) in [6.45, 7) is 10.1. The molecule has 0 radical (unpaired) electrons. The van der Waals surface area contributed by atoms with Crippen LogP contribution in [-0.4, -0.2) is 33.1 Å². The maximum atomic E-state index is 11.6. The molecule has 0 saturated carbocycles. The van der Waals surface area contributed by atoms with Crippen molar-refractivity contribution in [2.75, 3.05) is 0 Å². The molecule has 2 unspecified atom stereocenters. The third-order valence-corrected chi connectivity index (χ3v) is 3.50. The molecule has 82 valence electrons. The van der Waals surface area contributed by atoms with Crippen LogP contribution in [0.4, 0.5) is 0 Å². The molecule has 1 rings (SSSR count). The number of carbonyl (C=O) groups excluding carboxylic acids is 1. The quantitative estimate of drug-likeness (QED) is 0.679. The zero-order valence-electron chi connectivity index (χ0n) is 9.30. The summed E-state index contributed by atoms with van der Waals surface area (Å²) in [7, 11) is 0. The van der Waals surface area contributed by atoms with Crippen LogP contribution in [0.25, 0.3) is 0 Å². The molecule has 1 aliphatic rings. The van der Waals surface area contributed by atoms with E-state index < -0.39 is 0 Å². The topological polar surface area (TPSA) is 32.7 Å². The summed E-state index contributed by atoms with van der Waals surface area (Å²) in [5.41, 5.74) is -0.0420. The van der Waals surface area contributed by atoms with Gasteiger partial charge in [0, 0.05) is 0 Å². The maximum absolute atomic E-state index is 11.6. The second-order valence-corrected chi connectivity index (χ2v) is 5.53. The van der Waals surface area contributed by atoms with E-state index in [0.29, 0.717) is 0 Å². The summed E-state index contributed by atoms with van der Waals surface area (Å²) < 4.78 is 1.98. The normalized spacial score (nSPS) is 26.6. The molecular formula is C11H16N2OW. The van der Waals surface area contributed by atoms with E-state index in [9.17, 15) is 4.79 Å². The van der Waals surface area contributed by atoms with Gasteiger partial charge < -0.3 is 0 Å². The second kappa shape index (κ2) is 4.52. The van der Waals surface area contributed by atoms with Crippen LogP contribution in [0.1, 0.15) is 20.8 Å². The van der Waals surface area contributed by atoms with Gasteiger partial charge in [-0.3, -0.25) is 0 Å². The molecule has 0 saturated heterocycles. The number of rotatable bonds is 2. The zero-order chi connectivity index (χ0) is 11.6. The van der Waals surface area contributed by atoms with Gasteiger partial charge in [-0.2, -0.15) is 0 Å². The van der Waals surface area contributed by atoms with Crippen LogP contribution in [0.2, 0.25) is 0 Å². The first kappa shape index (κ1) is 12.5. The summed E-state index contributed by atoms with van der Waals surface area (Å²) in [5, 5.41) is 0. The van der Waals surface area contributed by atoms with Crippen molar-refractivity contribution >= 4 is 16.6 Å². The third kappa shape index (κ3) is 2.52. The summed E-state index contributed by atoms with van der Waals surface area (Å²) in [6, 6.07) is 0.0347. The number of carbonyl (C=O) groups is 1. The van der Waals surface area contributed by atoms with E-state index in [4.69, 9.17) is 0 Å². The number of amides is 1. The van der Waals surface area contributed by atoms with Crippen molar-refractivity contribution in [1.82, 2.24) is 4.90 Å². The standard InChI is InChI=1S/C11H16N2O.W/c1-6-9-8(2)10(14)12-7-13(9)11(3,4)5;/h2,6-9H,1H2,3-5H3;. The van der Waals surface area contributed by atoms with Crippen molar-refractivity contribution < 1.29 is 24.1 Å². The molecule has 1 aliphatic heterocycles. The van der Waals surface area contributed by atoms with Crippen LogP contribution < -0.4 is 0 Å². The zero-order valence-corrected chi connectivity index (χ0v) is 12.2. The fourth-order valence-corrected chi connectivity index (χ4v) is 2.62. The van der Waals surface area contributed by atoms with Gasteiger partial charge in [0.05, 0.1) is 0 Å². The molecule has 0 aromatic carbocycles. The molecule has 0 bridgehead atoms. The van der Waals surface area contributed by atoms with Gasteiger partial charge in [-0.15, -0.1) is 0 Å². The van der Waals surface area contributed by atoms with E-state index in [-0.39, 0.29) is 23.4 Å². The van der Waals surface area contributed by atoms with Crippen LogP contribution in [0, 0.1) is 5.92 Å². The fourth-order valence-electron chi connectivity index (χ4n) is 1.62. The Hall–Kier alpha value is -0.562. The summed E-state index contributed by atoms with van der Waals surface area (Å²) >= 11 is 1.29. The second-order valence-electron chi connectivity index (χ2n) is 4.55. The minimum atomic E-state index is -0.137. The van der Waals surface area contributed by atoms with Gasteiger partial charge in [0.25, 0.3) is 0 Å². The van der Waals surface area contributed by atoms with Crippen molar-refractivity contribution in [2.45, 2.75) is 32.4 Å². The number of hydrogen-bond donors (Lipinski definition) is 0. The van der Waals surface area contributed by atoms with Gasteiger partial charge in [-0.25, -0.2) is 0 Å². The average molecular weight is 376 g/mol. The molecule has 0 N–H and O–H groups in total. The predicted molar refractivity (Wildman–Crippen MR) is 58.6 cm³/mol. The first-order valence-corrected chi connectivity index (χ1v) is 6.55. The Kier molecular flexibility index (Phi) is 3.77. The van der Waals surface area contributed by atoms with Crippen LogP contribution in [0.5, 0.6) is 0 Å². The Labute approximate surface area is 102 Å². The van der Waals surface area contributed by atoms with Crippen LogP contribution >= 0.6 is 0 Å². The summed E-state index contributed by atoms with van der Waals surface area (Å²) in [6.07, 6.45) is 3.47. The molecule has 2 atom stereocenters. The van der Waals surface area contributed by atoms with Crippen LogP contribution in [0.15, 0.2) is 17.6 Å². The van der Waals surface area contributed by atoms with Crippen LogP contribution in [0.3, 0.4) is 0 Å². The fraction of sp³-hybridized carbons (Fsp3) is 0.545. The number of nitrogens with zero attached hydrogens (tertiary/aromatic N) is 2. The van der Waals surface area contributed by atoms with Gasteiger partial charge in [-0.1, -0.05) is 0 Å². The molecule has 0 aliphatic carbocycles. The van der Waals surface area contributed by atoms with Gasteiger partial charge in [-0.05, 0) is 0 Å². The Morgan fingerprint density at radius 1 is 1.60 bits per heavy atom. The Morgan fingerprint density at radius 3 is 2.60 bits per heavy atom. The van der Waals surface area contributed by atoms with E-state index >= 15 is 0 Å². The molecule has 1 amide bonds. The van der Waals surface area contributed by atoms with Gasteiger partial charge in [0.15, 0.2) is 0 Å². The first-order valence-electron chi connectivity index (χ1n) is 4.86. The van der Waals surface area contributed by atoms with Crippen LogP contribution in [-0.2, 0) is 24.1 Å². The van der Waals surface area contributed by atoms with E-state index in [1.54, 1.807) is 6.34 Å². The predicted octanol–water partition coefficient (Wildman–Crippen LogP) is 1.18. The molecule has 4 heteroatoms.